The van der Waals surface area contributed by atoms with Gasteiger partial charge in [-0.25, -0.2) is 4.68 Å². The summed E-state index contributed by atoms with van der Waals surface area (Å²) in [6.07, 6.45) is 7.32. The predicted molar refractivity (Wildman–Crippen MR) is 125 cm³/mol. The van der Waals surface area contributed by atoms with Crippen molar-refractivity contribution in [3.63, 3.8) is 0 Å². The molecule has 5 heteroatoms. The molecule has 1 aliphatic heterocycles. The van der Waals surface area contributed by atoms with E-state index in [0.29, 0.717) is 12.5 Å². The van der Waals surface area contributed by atoms with Crippen molar-refractivity contribution in [1.29, 1.82) is 0 Å². The molecule has 0 radical (unpaired) electrons. The minimum absolute atomic E-state index is 0.0676. The molecule has 0 atom stereocenters. The molecule has 3 aromatic rings. The molecule has 1 N–H and O–H groups in total. The van der Waals surface area contributed by atoms with Crippen LogP contribution in [0.5, 0.6) is 0 Å². The third kappa shape index (κ3) is 6.28. The molecule has 5 nitrogen and oxygen atoms in total. The van der Waals surface area contributed by atoms with E-state index in [1.165, 1.54) is 11.1 Å². The molecule has 162 valence electrons. The number of nitrogens with one attached hydrogen (secondary N) is 1. The smallest absolute Gasteiger partial charge is 0.225 e. The fourth-order valence-corrected chi connectivity index (χ4v) is 4.33. The van der Waals surface area contributed by atoms with Gasteiger partial charge in [-0.05, 0) is 43.2 Å². The summed E-state index contributed by atoms with van der Waals surface area (Å²) in [5, 5.41) is 7.60. The fourth-order valence-electron chi connectivity index (χ4n) is 4.33. The van der Waals surface area contributed by atoms with Gasteiger partial charge < -0.3 is 10.2 Å². The van der Waals surface area contributed by atoms with E-state index in [0.717, 1.165) is 57.6 Å². The van der Waals surface area contributed by atoms with Crippen LogP contribution in [0.1, 0.15) is 42.9 Å². The minimum atomic E-state index is 0.0676. The maximum atomic E-state index is 12.4. The van der Waals surface area contributed by atoms with Crippen LogP contribution in [0.3, 0.4) is 0 Å². The third-order valence-corrected chi connectivity index (χ3v) is 6.11. The number of carbonyl (C=O) groups excluding carboxylic acids is 1. The summed E-state index contributed by atoms with van der Waals surface area (Å²) >= 11 is 0. The van der Waals surface area contributed by atoms with Crippen LogP contribution in [0, 0.1) is 0 Å². The molecule has 0 spiro atoms. The van der Waals surface area contributed by atoms with E-state index in [1.54, 1.807) is 6.20 Å². The normalized spacial score (nSPS) is 15.1. The first-order valence-electron chi connectivity index (χ1n) is 11.4. The Morgan fingerprint density at radius 3 is 2.23 bits per heavy atom. The van der Waals surface area contributed by atoms with E-state index in [9.17, 15) is 4.79 Å². The summed E-state index contributed by atoms with van der Waals surface area (Å²) < 4.78 is 2.02. The lowest BCUT2D eigenvalue weighted by Crippen LogP contribution is -2.36. The number of aryl methyl sites for hydroxylation is 1. The van der Waals surface area contributed by atoms with E-state index >= 15 is 0 Å². The van der Waals surface area contributed by atoms with Crippen LogP contribution < -0.4 is 5.32 Å². The lowest BCUT2D eigenvalue weighted by Gasteiger charge is -2.32. The standard InChI is InChI=1S/C26H32N4O/c31-26(13-7-12-22-8-3-1-4-9-22)28-25-14-18-27-30(25)24-16-20-29(21-17-24)19-15-23-10-5-2-6-11-23/h1-6,8-11,14,18,24H,7,12-13,15-17,19-21H2,(H,28,31). The van der Waals surface area contributed by atoms with Crippen molar-refractivity contribution in [2.24, 2.45) is 0 Å². The van der Waals surface area contributed by atoms with Crippen molar-refractivity contribution in [2.75, 3.05) is 25.0 Å². The molecule has 0 aliphatic carbocycles. The highest BCUT2D eigenvalue weighted by molar-refractivity contribution is 5.89. The molecule has 2 heterocycles. The molecule has 31 heavy (non-hydrogen) atoms. The summed E-state index contributed by atoms with van der Waals surface area (Å²) in [6.45, 7) is 3.24. The maximum Gasteiger partial charge on any atom is 0.225 e. The molecule has 0 bridgehead atoms. The monoisotopic (exact) mass is 416 g/mol. The van der Waals surface area contributed by atoms with E-state index in [4.69, 9.17) is 0 Å². The summed E-state index contributed by atoms with van der Waals surface area (Å²) in [5.74, 6) is 0.894. The Morgan fingerprint density at radius 2 is 1.55 bits per heavy atom. The number of carbonyl (C=O) groups is 1. The lowest BCUT2D eigenvalue weighted by molar-refractivity contribution is -0.116. The number of hydrogen-bond donors (Lipinski definition) is 1. The number of hydrogen-bond acceptors (Lipinski definition) is 3. The number of anilines is 1. The number of piperidine rings is 1. The van der Waals surface area contributed by atoms with E-state index < -0.39 is 0 Å². The first-order valence-corrected chi connectivity index (χ1v) is 11.4. The van der Waals surface area contributed by atoms with Crippen LogP contribution in [-0.4, -0.2) is 40.2 Å². The highest BCUT2D eigenvalue weighted by Crippen LogP contribution is 2.25. The number of aromatic nitrogens is 2. The molecule has 1 aliphatic rings. The van der Waals surface area contributed by atoms with Gasteiger partial charge in [0.2, 0.25) is 5.91 Å². The quantitative estimate of drug-likeness (QED) is 0.549. The zero-order chi connectivity index (χ0) is 21.3. The number of likely N-dealkylation sites (tertiary alicyclic amines) is 1. The largest absolute Gasteiger partial charge is 0.311 e. The van der Waals surface area contributed by atoms with Gasteiger partial charge in [-0.3, -0.25) is 4.79 Å². The van der Waals surface area contributed by atoms with Crippen LogP contribution in [0.2, 0.25) is 0 Å². The lowest BCUT2D eigenvalue weighted by atomic mass is 10.0. The number of nitrogens with zero attached hydrogens (tertiary/aromatic N) is 3. The highest BCUT2D eigenvalue weighted by Gasteiger charge is 2.23. The molecule has 0 saturated carbocycles. The Hall–Kier alpha value is -2.92. The second-order valence-corrected chi connectivity index (χ2v) is 8.36. The molecule has 4 rings (SSSR count). The second-order valence-electron chi connectivity index (χ2n) is 8.36. The Balaban J connectivity index is 1.21. The Kier molecular flexibility index (Phi) is 7.51. The molecule has 1 aromatic heterocycles. The van der Waals surface area contributed by atoms with Gasteiger partial charge in [-0.1, -0.05) is 60.7 Å². The number of amides is 1. The summed E-state index contributed by atoms with van der Waals surface area (Å²) in [5.41, 5.74) is 2.67. The molecule has 0 unspecified atom stereocenters. The van der Waals surface area contributed by atoms with Crippen LogP contribution in [0.25, 0.3) is 0 Å². The maximum absolute atomic E-state index is 12.4. The fraction of sp³-hybridized carbons (Fsp3) is 0.385. The Labute approximate surface area is 185 Å². The van der Waals surface area contributed by atoms with Crippen molar-refractivity contribution in [1.82, 2.24) is 14.7 Å². The molecule has 1 amide bonds. The van der Waals surface area contributed by atoms with Crippen LogP contribution in [0.4, 0.5) is 5.82 Å². The van der Waals surface area contributed by atoms with Crippen molar-refractivity contribution in [3.8, 4) is 0 Å². The Bertz CT molecular complexity index is 930. The van der Waals surface area contributed by atoms with Crippen molar-refractivity contribution in [2.45, 2.75) is 44.6 Å². The second kappa shape index (κ2) is 10.9. The Morgan fingerprint density at radius 1 is 0.903 bits per heavy atom. The SMILES string of the molecule is O=C(CCCc1ccccc1)Nc1ccnn1C1CCN(CCc2ccccc2)CC1. The van der Waals surface area contributed by atoms with Gasteiger partial charge >= 0.3 is 0 Å². The van der Waals surface area contributed by atoms with Crippen molar-refractivity contribution < 1.29 is 4.79 Å². The molecule has 1 saturated heterocycles. The number of benzene rings is 2. The molecule has 1 fully saturated rings. The van der Waals surface area contributed by atoms with Crippen LogP contribution in [0.15, 0.2) is 72.9 Å². The van der Waals surface area contributed by atoms with Gasteiger partial charge in [-0.2, -0.15) is 5.10 Å². The van der Waals surface area contributed by atoms with E-state index in [1.807, 2.05) is 28.9 Å². The zero-order valence-electron chi connectivity index (χ0n) is 18.1. The van der Waals surface area contributed by atoms with Gasteiger partial charge in [0.05, 0.1) is 12.2 Å². The van der Waals surface area contributed by atoms with Gasteiger partial charge in [-0.15, -0.1) is 0 Å². The predicted octanol–water partition coefficient (Wildman–Crippen LogP) is 4.72. The van der Waals surface area contributed by atoms with Gasteiger partial charge in [0.25, 0.3) is 0 Å². The van der Waals surface area contributed by atoms with Crippen LogP contribution >= 0.6 is 0 Å². The average Bonchev–Trinajstić information content (AvgIpc) is 3.27. The van der Waals surface area contributed by atoms with Gasteiger partial charge in [0.15, 0.2) is 0 Å². The molecular weight excluding hydrogens is 384 g/mol. The molecular formula is C26H32N4O. The van der Waals surface area contributed by atoms with E-state index in [2.05, 4.69) is 57.8 Å². The number of rotatable bonds is 9. The van der Waals surface area contributed by atoms with Gasteiger partial charge in [0, 0.05) is 32.1 Å². The summed E-state index contributed by atoms with van der Waals surface area (Å²) in [4.78, 5) is 15.0. The topological polar surface area (TPSA) is 50.2 Å². The first-order chi connectivity index (χ1) is 15.3. The molecule has 2 aromatic carbocycles. The highest BCUT2D eigenvalue weighted by atomic mass is 16.1. The minimum Gasteiger partial charge on any atom is -0.311 e. The van der Waals surface area contributed by atoms with E-state index in [-0.39, 0.29) is 5.91 Å². The van der Waals surface area contributed by atoms with Crippen molar-refractivity contribution in [3.05, 3.63) is 84.1 Å². The average molecular weight is 417 g/mol. The van der Waals surface area contributed by atoms with Gasteiger partial charge in [0.1, 0.15) is 5.82 Å². The summed E-state index contributed by atoms with van der Waals surface area (Å²) in [7, 11) is 0. The zero-order valence-corrected chi connectivity index (χ0v) is 18.1. The third-order valence-electron chi connectivity index (χ3n) is 6.11. The van der Waals surface area contributed by atoms with Crippen molar-refractivity contribution >= 4 is 11.7 Å². The van der Waals surface area contributed by atoms with Crippen LogP contribution in [-0.2, 0) is 17.6 Å². The first kappa shape index (κ1) is 21.3. The summed E-state index contributed by atoms with van der Waals surface area (Å²) in [6, 6.07) is 23.3.